The van der Waals surface area contributed by atoms with Gasteiger partial charge in [-0.1, -0.05) is 20.8 Å². The number of nitrogens with zero attached hydrogens (tertiary/aromatic N) is 2. The fourth-order valence-corrected chi connectivity index (χ4v) is 1.80. The van der Waals surface area contributed by atoms with Crippen LogP contribution >= 0.6 is 0 Å². The van der Waals surface area contributed by atoms with E-state index in [1.54, 1.807) is 0 Å². The van der Waals surface area contributed by atoms with Crippen LogP contribution in [0.25, 0.3) is 0 Å². The molecule has 1 aromatic rings. The van der Waals surface area contributed by atoms with Gasteiger partial charge in [0.2, 0.25) is 0 Å². The summed E-state index contributed by atoms with van der Waals surface area (Å²) >= 11 is 0. The zero-order chi connectivity index (χ0) is 14.4. The molecule has 0 aliphatic heterocycles. The normalized spacial score (nSPS) is 12.6. The summed E-state index contributed by atoms with van der Waals surface area (Å²) in [6.45, 7) is 11.2. The molecule has 0 aromatic carbocycles. The average Bonchev–Trinajstić information content (AvgIpc) is 2.39. The van der Waals surface area contributed by atoms with E-state index in [1.807, 2.05) is 20.8 Å². The molecule has 0 saturated carbocycles. The highest BCUT2D eigenvalue weighted by atomic mass is 16.3. The minimum Gasteiger partial charge on any atom is -0.394 e. The van der Waals surface area contributed by atoms with Crippen molar-refractivity contribution in [1.29, 1.82) is 0 Å². The standard InChI is InChI=1S/C14H26N4O/c1-6-12-17-13(15-7-2)10(5)14(18-12)16-11(8-19)9(3)4/h9,11,19H,6-8H2,1-5H3,(H2,15,16,17,18)/t11-/m1/s1. The Balaban J connectivity index is 3.07. The van der Waals surface area contributed by atoms with Crippen molar-refractivity contribution < 1.29 is 5.11 Å². The van der Waals surface area contributed by atoms with Gasteiger partial charge >= 0.3 is 0 Å². The average molecular weight is 266 g/mol. The van der Waals surface area contributed by atoms with Crippen molar-refractivity contribution in [3.05, 3.63) is 11.4 Å². The maximum absolute atomic E-state index is 9.43. The molecule has 108 valence electrons. The molecule has 0 fully saturated rings. The highest BCUT2D eigenvalue weighted by molar-refractivity contribution is 5.57. The molecular weight excluding hydrogens is 240 g/mol. The van der Waals surface area contributed by atoms with E-state index >= 15 is 0 Å². The molecule has 0 aliphatic rings. The SMILES string of the molecule is CCNc1nc(CC)nc(N[C@H](CO)C(C)C)c1C. The highest BCUT2D eigenvalue weighted by Crippen LogP contribution is 2.22. The zero-order valence-corrected chi connectivity index (χ0v) is 12.6. The quantitative estimate of drug-likeness (QED) is 0.706. The van der Waals surface area contributed by atoms with E-state index in [0.717, 1.165) is 36.0 Å². The molecule has 0 spiro atoms. The van der Waals surface area contributed by atoms with Crippen LogP contribution in [0.3, 0.4) is 0 Å². The Bertz CT molecular complexity index is 407. The van der Waals surface area contributed by atoms with Crippen LogP contribution in [0.1, 0.15) is 39.1 Å². The number of aromatic nitrogens is 2. The summed E-state index contributed by atoms with van der Waals surface area (Å²) in [4.78, 5) is 9.02. The lowest BCUT2D eigenvalue weighted by molar-refractivity contribution is 0.249. The molecule has 0 unspecified atom stereocenters. The van der Waals surface area contributed by atoms with Crippen molar-refractivity contribution in [1.82, 2.24) is 9.97 Å². The Morgan fingerprint density at radius 2 is 1.79 bits per heavy atom. The largest absolute Gasteiger partial charge is 0.394 e. The van der Waals surface area contributed by atoms with Crippen LogP contribution in [-0.2, 0) is 6.42 Å². The van der Waals surface area contributed by atoms with Crippen LogP contribution in [0.5, 0.6) is 0 Å². The fraction of sp³-hybridized carbons (Fsp3) is 0.714. The number of aryl methyl sites for hydroxylation is 1. The van der Waals surface area contributed by atoms with Crippen molar-refractivity contribution in [2.24, 2.45) is 5.92 Å². The topological polar surface area (TPSA) is 70.1 Å². The molecule has 5 nitrogen and oxygen atoms in total. The lowest BCUT2D eigenvalue weighted by atomic mass is 10.1. The summed E-state index contributed by atoms with van der Waals surface area (Å²) < 4.78 is 0. The number of rotatable bonds is 7. The second kappa shape index (κ2) is 7.28. The second-order valence-electron chi connectivity index (χ2n) is 5.02. The second-order valence-corrected chi connectivity index (χ2v) is 5.02. The number of aliphatic hydroxyl groups excluding tert-OH is 1. The van der Waals surface area contributed by atoms with Gasteiger partial charge in [-0.05, 0) is 19.8 Å². The van der Waals surface area contributed by atoms with Crippen LogP contribution in [0, 0.1) is 12.8 Å². The fourth-order valence-electron chi connectivity index (χ4n) is 1.80. The maximum atomic E-state index is 9.43. The Hall–Kier alpha value is -1.36. The molecule has 19 heavy (non-hydrogen) atoms. The van der Waals surface area contributed by atoms with Gasteiger partial charge in [0.05, 0.1) is 12.6 Å². The van der Waals surface area contributed by atoms with Crippen molar-refractivity contribution >= 4 is 11.6 Å². The molecule has 0 radical (unpaired) electrons. The van der Waals surface area contributed by atoms with Crippen molar-refractivity contribution in [3.8, 4) is 0 Å². The predicted molar refractivity (Wildman–Crippen MR) is 79.6 cm³/mol. The third kappa shape index (κ3) is 4.06. The van der Waals surface area contributed by atoms with E-state index in [1.165, 1.54) is 0 Å². The van der Waals surface area contributed by atoms with E-state index in [4.69, 9.17) is 0 Å². The van der Waals surface area contributed by atoms with Gasteiger partial charge in [-0.3, -0.25) is 0 Å². The molecular formula is C14H26N4O. The van der Waals surface area contributed by atoms with Gasteiger partial charge in [0.25, 0.3) is 0 Å². The summed E-state index contributed by atoms with van der Waals surface area (Å²) in [6, 6.07) is 0.00721. The number of hydrogen-bond donors (Lipinski definition) is 3. The Morgan fingerprint density at radius 1 is 1.16 bits per heavy atom. The number of anilines is 2. The van der Waals surface area contributed by atoms with Crippen LogP contribution in [0.15, 0.2) is 0 Å². The smallest absolute Gasteiger partial charge is 0.135 e. The third-order valence-electron chi connectivity index (χ3n) is 3.18. The highest BCUT2D eigenvalue weighted by Gasteiger charge is 2.16. The molecule has 5 heteroatoms. The molecule has 1 aromatic heterocycles. The maximum Gasteiger partial charge on any atom is 0.135 e. The van der Waals surface area contributed by atoms with Gasteiger partial charge < -0.3 is 15.7 Å². The molecule has 1 rings (SSSR count). The van der Waals surface area contributed by atoms with Gasteiger partial charge in [-0.15, -0.1) is 0 Å². The number of hydrogen-bond acceptors (Lipinski definition) is 5. The van der Waals surface area contributed by atoms with E-state index < -0.39 is 0 Å². The monoisotopic (exact) mass is 266 g/mol. The first-order valence-electron chi connectivity index (χ1n) is 7.02. The Morgan fingerprint density at radius 3 is 2.26 bits per heavy atom. The molecule has 0 bridgehead atoms. The van der Waals surface area contributed by atoms with Crippen LogP contribution in [0.4, 0.5) is 11.6 Å². The molecule has 1 atom stereocenters. The molecule has 1 heterocycles. The van der Waals surface area contributed by atoms with E-state index in [9.17, 15) is 5.11 Å². The minimum absolute atomic E-state index is 0.00721. The van der Waals surface area contributed by atoms with Crippen molar-refractivity contribution in [2.75, 3.05) is 23.8 Å². The van der Waals surface area contributed by atoms with Gasteiger partial charge in [0.1, 0.15) is 17.5 Å². The number of aliphatic hydroxyl groups is 1. The van der Waals surface area contributed by atoms with E-state index in [2.05, 4.69) is 34.4 Å². The van der Waals surface area contributed by atoms with Crippen LogP contribution in [-0.4, -0.2) is 34.3 Å². The Kier molecular flexibility index (Phi) is 6.02. The van der Waals surface area contributed by atoms with Gasteiger partial charge in [-0.2, -0.15) is 0 Å². The molecule has 0 saturated heterocycles. The van der Waals surface area contributed by atoms with Crippen LogP contribution < -0.4 is 10.6 Å². The summed E-state index contributed by atoms with van der Waals surface area (Å²) in [5, 5.41) is 16.0. The van der Waals surface area contributed by atoms with Crippen molar-refractivity contribution in [2.45, 2.75) is 47.1 Å². The Labute approximate surface area is 115 Å². The first kappa shape index (κ1) is 15.7. The zero-order valence-electron chi connectivity index (χ0n) is 12.6. The summed E-state index contributed by atoms with van der Waals surface area (Å²) in [7, 11) is 0. The summed E-state index contributed by atoms with van der Waals surface area (Å²) in [5.74, 6) is 2.84. The minimum atomic E-state index is 0.00721. The van der Waals surface area contributed by atoms with Gasteiger partial charge in [0, 0.05) is 18.5 Å². The van der Waals surface area contributed by atoms with Gasteiger partial charge in [0.15, 0.2) is 0 Å². The molecule has 0 amide bonds. The third-order valence-corrected chi connectivity index (χ3v) is 3.18. The van der Waals surface area contributed by atoms with E-state index in [0.29, 0.717) is 5.92 Å². The summed E-state index contributed by atoms with van der Waals surface area (Å²) in [5.41, 5.74) is 0.998. The first-order chi connectivity index (χ1) is 9.03. The van der Waals surface area contributed by atoms with Gasteiger partial charge in [-0.25, -0.2) is 9.97 Å². The number of nitrogens with one attached hydrogen (secondary N) is 2. The predicted octanol–water partition coefficient (Wildman–Crippen LogP) is 2.21. The lowest BCUT2D eigenvalue weighted by Crippen LogP contribution is -2.30. The molecule has 3 N–H and O–H groups in total. The van der Waals surface area contributed by atoms with Crippen LogP contribution in [0.2, 0.25) is 0 Å². The summed E-state index contributed by atoms with van der Waals surface area (Å²) in [6.07, 6.45) is 0.791. The lowest BCUT2D eigenvalue weighted by Gasteiger charge is -2.22. The van der Waals surface area contributed by atoms with Crippen molar-refractivity contribution in [3.63, 3.8) is 0 Å². The first-order valence-corrected chi connectivity index (χ1v) is 7.02. The molecule has 0 aliphatic carbocycles. The van der Waals surface area contributed by atoms with E-state index in [-0.39, 0.29) is 12.6 Å².